The maximum atomic E-state index is 4.27. The molecule has 0 spiro atoms. The molecule has 0 saturated heterocycles. The van der Waals surface area contributed by atoms with Crippen LogP contribution >= 0.6 is 0 Å². The zero-order chi connectivity index (χ0) is 13.8. The number of aryl methyl sites for hydroxylation is 1. The Bertz CT molecular complexity index is 671. The molecule has 3 aromatic rings. The van der Waals surface area contributed by atoms with Crippen molar-refractivity contribution < 1.29 is 0 Å². The summed E-state index contributed by atoms with van der Waals surface area (Å²) in [5.41, 5.74) is 3.15. The van der Waals surface area contributed by atoms with Crippen LogP contribution in [0.3, 0.4) is 0 Å². The van der Waals surface area contributed by atoms with Gasteiger partial charge in [0.05, 0.1) is 30.0 Å². The van der Waals surface area contributed by atoms with Crippen molar-refractivity contribution in [1.29, 1.82) is 0 Å². The number of rotatable bonds is 5. The average Bonchev–Trinajstić information content (AvgIpc) is 3.17. The lowest BCUT2D eigenvalue weighted by molar-refractivity contribution is 0.659. The molecule has 0 unspecified atom stereocenters. The topological polar surface area (TPSA) is 60.6 Å². The minimum Gasteiger partial charge on any atom is -0.379 e. The second kappa shape index (κ2) is 5.56. The first-order chi connectivity index (χ1) is 9.86. The van der Waals surface area contributed by atoms with Crippen LogP contribution in [0.15, 0.2) is 49.1 Å². The minimum absolute atomic E-state index is 0.728. The maximum absolute atomic E-state index is 4.27. The predicted molar refractivity (Wildman–Crippen MR) is 76.6 cm³/mol. The van der Waals surface area contributed by atoms with Crippen LogP contribution in [0.25, 0.3) is 5.69 Å². The third-order valence-electron chi connectivity index (χ3n) is 3.07. The lowest BCUT2D eigenvalue weighted by Crippen LogP contribution is -2.04. The molecule has 0 amide bonds. The second-order valence-corrected chi connectivity index (χ2v) is 4.42. The summed E-state index contributed by atoms with van der Waals surface area (Å²) in [5.74, 6) is 0. The van der Waals surface area contributed by atoms with Gasteiger partial charge in [0.25, 0.3) is 0 Å². The molecule has 2 aromatic heterocycles. The predicted octanol–water partition coefficient (Wildman–Crippen LogP) is 2.10. The lowest BCUT2D eigenvalue weighted by Gasteiger charge is -2.10. The molecule has 1 N–H and O–H groups in total. The summed E-state index contributed by atoms with van der Waals surface area (Å²) < 4.78 is 3.66. The van der Waals surface area contributed by atoms with Gasteiger partial charge in [-0.15, -0.1) is 5.10 Å². The molecule has 2 heterocycles. The molecule has 0 aliphatic carbocycles. The highest BCUT2D eigenvalue weighted by Crippen LogP contribution is 2.19. The summed E-state index contributed by atoms with van der Waals surface area (Å²) >= 11 is 0. The van der Waals surface area contributed by atoms with Crippen molar-refractivity contribution in [3.05, 3.63) is 54.6 Å². The van der Waals surface area contributed by atoms with Gasteiger partial charge >= 0.3 is 0 Å². The first-order valence-corrected chi connectivity index (χ1v) is 6.57. The molecule has 0 aliphatic heterocycles. The first kappa shape index (κ1) is 12.4. The van der Waals surface area contributed by atoms with Crippen molar-refractivity contribution in [1.82, 2.24) is 24.8 Å². The lowest BCUT2D eigenvalue weighted by atomic mass is 10.2. The van der Waals surface area contributed by atoms with Gasteiger partial charge in [0.1, 0.15) is 0 Å². The van der Waals surface area contributed by atoms with Crippen LogP contribution in [-0.2, 0) is 13.1 Å². The van der Waals surface area contributed by atoms with Gasteiger partial charge in [0, 0.05) is 24.8 Å². The molecule has 6 nitrogen and oxygen atoms in total. The van der Waals surface area contributed by atoms with Crippen molar-refractivity contribution in [2.24, 2.45) is 0 Å². The third-order valence-corrected chi connectivity index (χ3v) is 3.07. The van der Waals surface area contributed by atoms with Gasteiger partial charge < -0.3 is 5.32 Å². The van der Waals surface area contributed by atoms with Crippen LogP contribution in [0.5, 0.6) is 0 Å². The summed E-state index contributed by atoms with van der Waals surface area (Å²) in [4.78, 5) is 0. The fourth-order valence-electron chi connectivity index (χ4n) is 2.03. The molecule has 0 saturated carbocycles. The van der Waals surface area contributed by atoms with Crippen LogP contribution in [0.2, 0.25) is 0 Å². The number of benzene rings is 1. The highest BCUT2D eigenvalue weighted by atomic mass is 15.4. The smallest absolute Gasteiger partial charge is 0.0894 e. The molecular weight excluding hydrogens is 252 g/mol. The zero-order valence-electron chi connectivity index (χ0n) is 11.3. The van der Waals surface area contributed by atoms with Crippen LogP contribution < -0.4 is 5.32 Å². The van der Waals surface area contributed by atoms with E-state index in [1.54, 1.807) is 10.9 Å². The Hall–Kier alpha value is -2.63. The molecule has 0 bridgehead atoms. The normalized spacial score (nSPS) is 10.7. The number of anilines is 1. The monoisotopic (exact) mass is 268 g/mol. The Morgan fingerprint density at radius 1 is 1.25 bits per heavy atom. The largest absolute Gasteiger partial charge is 0.379 e. The highest BCUT2D eigenvalue weighted by molar-refractivity contribution is 5.60. The second-order valence-electron chi connectivity index (χ2n) is 4.42. The van der Waals surface area contributed by atoms with E-state index in [4.69, 9.17) is 0 Å². The maximum Gasteiger partial charge on any atom is 0.0894 e. The number of aromatic nitrogens is 5. The van der Waals surface area contributed by atoms with Gasteiger partial charge in [0.15, 0.2) is 0 Å². The van der Waals surface area contributed by atoms with Crippen LogP contribution in [0, 0.1) is 0 Å². The van der Waals surface area contributed by atoms with E-state index in [-0.39, 0.29) is 0 Å². The van der Waals surface area contributed by atoms with Gasteiger partial charge in [-0.2, -0.15) is 5.10 Å². The Kier molecular flexibility index (Phi) is 3.45. The molecule has 20 heavy (non-hydrogen) atoms. The number of nitrogens with one attached hydrogen (secondary N) is 1. The minimum atomic E-state index is 0.728. The van der Waals surface area contributed by atoms with E-state index in [9.17, 15) is 0 Å². The summed E-state index contributed by atoms with van der Waals surface area (Å²) in [7, 11) is 0. The van der Waals surface area contributed by atoms with E-state index in [0.29, 0.717) is 0 Å². The fraction of sp³-hybridized carbons (Fsp3) is 0.214. The summed E-state index contributed by atoms with van der Waals surface area (Å²) in [6, 6.07) is 8.02. The molecule has 0 fully saturated rings. The molecule has 102 valence electrons. The van der Waals surface area contributed by atoms with E-state index < -0.39 is 0 Å². The quantitative estimate of drug-likeness (QED) is 0.769. The average molecular weight is 268 g/mol. The van der Waals surface area contributed by atoms with E-state index in [0.717, 1.165) is 30.0 Å². The summed E-state index contributed by atoms with van der Waals surface area (Å²) in [5, 5.41) is 15.6. The van der Waals surface area contributed by atoms with Crippen LogP contribution in [0.1, 0.15) is 12.5 Å². The SMILES string of the molecule is CCn1cc(CNc2ccccc2-n2ccnn2)cn1. The molecule has 0 radical (unpaired) electrons. The van der Waals surface area contributed by atoms with Crippen molar-refractivity contribution in [3.63, 3.8) is 0 Å². The molecule has 0 atom stereocenters. The van der Waals surface area contributed by atoms with Gasteiger partial charge in [-0.05, 0) is 19.1 Å². The van der Waals surface area contributed by atoms with Crippen molar-refractivity contribution in [2.75, 3.05) is 5.32 Å². The Labute approximate surface area is 117 Å². The number of para-hydroxylation sites is 2. The van der Waals surface area contributed by atoms with E-state index in [2.05, 4.69) is 27.7 Å². The van der Waals surface area contributed by atoms with Crippen molar-refractivity contribution in [3.8, 4) is 5.69 Å². The first-order valence-electron chi connectivity index (χ1n) is 6.57. The molecule has 6 heteroatoms. The Morgan fingerprint density at radius 2 is 2.15 bits per heavy atom. The summed E-state index contributed by atoms with van der Waals surface area (Å²) in [6.07, 6.45) is 7.43. The summed E-state index contributed by atoms with van der Waals surface area (Å²) in [6.45, 7) is 3.69. The van der Waals surface area contributed by atoms with E-state index >= 15 is 0 Å². The molecular formula is C14H16N6. The van der Waals surface area contributed by atoms with Gasteiger partial charge in [-0.25, -0.2) is 4.68 Å². The van der Waals surface area contributed by atoms with Crippen molar-refractivity contribution >= 4 is 5.69 Å². The highest BCUT2D eigenvalue weighted by Gasteiger charge is 2.05. The van der Waals surface area contributed by atoms with Crippen LogP contribution in [-0.4, -0.2) is 24.8 Å². The van der Waals surface area contributed by atoms with Gasteiger partial charge in [-0.1, -0.05) is 17.3 Å². The van der Waals surface area contributed by atoms with E-state index in [1.807, 2.05) is 47.5 Å². The van der Waals surface area contributed by atoms with Crippen molar-refractivity contribution in [2.45, 2.75) is 20.0 Å². The number of hydrogen-bond acceptors (Lipinski definition) is 4. The number of hydrogen-bond donors (Lipinski definition) is 1. The molecule has 1 aromatic carbocycles. The zero-order valence-corrected chi connectivity index (χ0v) is 11.3. The standard InChI is InChI=1S/C14H16N6/c1-2-19-11-12(10-17-19)9-15-13-5-3-4-6-14(13)20-8-7-16-18-20/h3-8,10-11,15H,2,9H2,1H3. The van der Waals surface area contributed by atoms with E-state index in [1.165, 1.54) is 0 Å². The fourth-order valence-corrected chi connectivity index (χ4v) is 2.03. The Morgan fingerprint density at radius 3 is 2.90 bits per heavy atom. The number of nitrogens with zero attached hydrogens (tertiary/aromatic N) is 5. The van der Waals surface area contributed by atoms with Crippen LogP contribution in [0.4, 0.5) is 5.69 Å². The third kappa shape index (κ3) is 2.54. The molecule has 0 aliphatic rings. The Balaban J connectivity index is 1.77. The van der Waals surface area contributed by atoms with Gasteiger partial charge in [0.2, 0.25) is 0 Å². The molecule has 3 rings (SSSR count). The van der Waals surface area contributed by atoms with Gasteiger partial charge in [-0.3, -0.25) is 4.68 Å².